The van der Waals surface area contributed by atoms with E-state index >= 15 is 0 Å². The second-order valence-electron chi connectivity index (χ2n) is 3.92. The molecule has 0 radical (unpaired) electrons. The molecule has 1 rings (SSSR count). The van der Waals surface area contributed by atoms with Gasteiger partial charge < -0.3 is 15.3 Å². The van der Waals surface area contributed by atoms with Crippen LogP contribution >= 0.6 is 34.2 Å². The Bertz CT molecular complexity index is 554. The molecule has 0 bridgehead atoms. The summed E-state index contributed by atoms with van der Waals surface area (Å²) < 4.78 is 37.8. The van der Waals surface area contributed by atoms with E-state index in [1.807, 2.05) is 22.6 Å². The Morgan fingerprint density at radius 2 is 2.00 bits per heavy atom. The van der Waals surface area contributed by atoms with Crippen molar-refractivity contribution in [2.45, 2.75) is 6.18 Å². The third-order valence-electron chi connectivity index (χ3n) is 2.16. The summed E-state index contributed by atoms with van der Waals surface area (Å²) in [6.45, 7) is -2.75. The molecule has 0 aliphatic heterocycles. The van der Waals surface area contributed by atoms with Crippen molar-refractivity contribution >= 4 is 51.9 Å². The fourth-order valence-corrected chi connectivity index (χ4v) is 2.27. The van der Waals surface area contributed by atoms with E-state index in [1.165, 1.54) is 12.1 Å². The third kappa shape index (κ3) is 6.38. The Kier molecular flexibility index (Phi) is 6.08. The normalized spacial score (nSPS) is 11.1. The van der Waals surface area contributed by atoms with Crippen molar-refractivity contribution in [2.24, 2.45) is 0 Å². The highest BCUT2D eigenvalue weighted by atomic mass is 127. The molecule has 21 heavy (non-hydrogen) atoms. The standard InChI is InChI=1S/C11H9ClF3IN2O3/c12-7-3-6(16)1-2-8(7)17-10(21)18(4-9(19)20)5-11(13,14)15/h1-3H,4-5H2,(H,17,21)(H,19,20). The lowest BCUT2D eigenvalue weighted by Gasteiger charge is -2.22. The Morgan fingerprint density at radius 3 is 2.48 bits per heavy atom. The average molecular weight is 437 g/mol. The maximum Gasteiger partial charge on any atom is 0.406 e. The van der Waals surface area contributed by atoms with Crippen molar-refractivity contribution in [1.29, 1.82) is 0 Å². The molecule has 1 aromatic carbocycles. The highest BCUT2D eigenvalue weighted by Gasteiger charge is 2.34. The van der Waals surface area contributed by atoms with E-state index in [2.05, 4.69) is 5.32 Å². The van der Waals surface area contributed by atoms with E-state index < -0.39 is 31.3 Å². The number of amides is 2. The van der Waals surface area contributed by atoms with Crippen LogP contribution < -0.4 is 5.32 Å². The number of urea groups is 1. The first kappa shape index (κ1) is 17.8. The Morgan fingerprint density at radius 1 is 1.38 bits per heavy atom. The summed E-state index contributed by atoms with van der Waals surface area (Å²) in [4.78, 5) is 22.4. The van der Waals surface area contributed by atoms with Crippen LogP contribution in [0.1, 0.15) is 0 Å². The molecule has 0 aliphatic carbocycles. The molecule has 0 aliphatic rings. The highest BCUT2D eigenvalue weighted by molar-refractivity contribution is 14.1. The summed E-state index contributed by atoms with van der Waals surface area (Å²) in [6.07, 6.45) is -4.71. The Balaban J connectivity index is 2.87. The zero-order valence-corrected chi connectivity index (χ0v) is 13.2. The van der Waals surface area contributed by atoms with Crippen LogP contribution in [0.25, 0.3) is 0 Å². The SMILES string of the molecule is O=C(O)CN(CC(F)(F)F)C(=O)Nc1ccc(I)cc1Cl. The number of alkyl halides is 3. The third-order valence-corrected chi connectivity index (χ3v) is 3.14. The first-order valence-electron chi connectivity index (χ1n) is 5.38. The van der Waals surface area contributed by atoms with Gasteiger partial charge in [0.2, 0.25) is 0 Å². The number of benzene rings is 1. The van der Waals surface area contributed by atoms with Crippen molar-refractivity contribution in [3.8, 4) is 0 Å². The van der Waals surface area contributed by atoms with Gasteiger partial charge in [-0.1, -0.05) is 11.6 Å². The van der Waals surface area contributed by atoms with Crippen molar-refractivity contribution in [3.05, 3.63) is 26.8 Å². The molecule has 0 heterocycles. The molecule has 0 spiro atoms. The first-order valence-corrected chi connectivity index (χ1v) is 6.83. The number of aliphatic carboxylic acids is 1. The minimum absolute atomic E-state index is 0.0969. The molecule has 10 heteroatoms. The van der Waals surface area contributed by atoms with Gasteiger partial charge in [-0.05, 0) is 40.8 Å². The predicted octanol–water partition coefficient (Wildman–Crippen LogP) is 3.43. The molecule has 0 saturated heterocycles. The van der Waals surface area contributed by atoms with E-state index in [4.69, 9.17) is 16.7 Å². The van der Waals surface area contributed by atoms with Crippen LogP contribution in [0.4, 0.5) is 23.7 Å². The van der Waals surface area contributed by atoms with Crippen LogP contribution in [0.2, 0.25) is 5.02 Å². The van der Waals surface area contributed by atoms with Gasteiger partial charge in [-0.25, -0.2) is 4.79 Å². The zero-order chi connectivity index (χ0) is 16.2. The number of rotatable bonds is 4. The van der Waals surface area contributed by atoms with Crippen LogP contribution in [0.15, 0.2) is 18.2 Å². The molecule has 1 aromatic rings. The lowest BCUT2D eigenvalue weighted by Crippen LogP contribution is -2.44. The quantitative estimate of drug-likeness (QED) is 0.711. The monoisotopic (exact) mass is 436 g/mol. The van der Waals surface area contributed by atoms with Gasteiger partial charge in [0.1, 0.15) is 13.1 Å². The summed E-state index contributed by atoms with van der Waals surface area (Å²) in [6, 6.07) is 3.31. The lowest BCUT2D eigenvalue weighted by molar-refractivity contribution is -0.148. The molecule has 0 unspecified atom stereocenters. The van der Waals surface area contributed by atoms with Crippen molar-refractivity contribution < 1.29 is 27.9 Å². The van der Waals surface area contributed by atoms with E-state index in [9.17, 15) is 22.8 Å². The molecule has 0 aromatic heterocycles. The number of hydrogen-bond acceptors (Lipinski definition) is 2. The molecule has 0 saturated carbocycles. The number of anilines is 1. The van der Waals surface area contributed by atoms with Crippen LogP contribution in [0, 0.1) is 3.57 Å². The molecular formula is C11H9ClF3IN2O3. The molecule has 0 fully saturated rings. The summed E-state index contributed by atoms with van der Waals surface area (Å²) in [5.41, 5.74) is 0.0969. The van der Waals surface area contributed by atoms with Gasteiger partial charge in [0.15, 0.2) is 0 Å². The predicted molar refractivity (Wildman–Crippen MR) is 78.5 cm³/mol. The summed E-state index contributed by atoms with van der Waals surface area (Å²) in [5, 5.41) is 10.9. The topological polar surface area (TPSA) is 69.6 Å². The number of hydrogen-bond donors (Lipinski definition) is 2. The van der Waals surface area contributed by atoms with Crippen LogP contribution in [-0.2, 0) is 4.79 Å². The summed E-state index contributed by atoms with van der Waals surface area (Å²) >= 11 is 7.81. The second kappa shape index (κ2) is 7.16. The fraction of sp³-hybridized carbons (Fsp3) is 0.273. The number of carboxylic acids is 1. The van der Waals surface area contributed by atoms with Gasteiger partial charge >= 0.3 is 18.2 Å². The van der Waals surface area contributed by atoms with Crippen LogP contribution in [-0.4, -0.2) is 41.3 Å². The average Bonchev–Trinajstić information content (AvgIpc) is 2.29. The second-order valence-corrected chi connectivity index (χ2v) is 5.57. The smallest absolute Gasteiger partial charge is 0.406 e. The minimum atomic E-state index is -4.71. The van der Waals surface area contributed by atoms with E-state index in [-0.39, 0.29) is 15.6 Å². The van der Waals surface area contributed by atoms with Crippen molar-refractivity contribution in [2.75, 3.05) is 18.4 Å². The molecule has 2 amide bonds. The van der Waals surface area contributed by atoms with Gasteiger partial charge in [0, 0.05) is 3.57 Å². The summed E-state index contributed by atoms with van der Waals surface area (Å²) in [7, 11) is 0. The lowest BCUT2D eigenvalue weighted by atomic mass is 10.3. The van der Waals surface area contributed by atoms with Gasteiger partial charge in [-0.3, -0.25) is 4.79 Å². The number of carbonyl (C=O) groups is 2. The Labute approximate surface area is 136 Å². The van der Waals surface area contributed by atoms with Crippen molar-refractivity contribution in [1.82, 2.24) is 4.90 Å². The van der Waals surface area contributed by atoms with E-state index in [0.717, 1.165) is 3.57 Å². The number of nitrogens with zero attached hydrogens (tertiary/aromatic N) is 1. The van der Waals surface area contributed by atoms with Crippen LogP contribution in [0.5, 0.6) is 0 Å². The summed E-state index contributed by atoms with van der Waals surface area (Å²) in [5.74, 6) is -1.55. The number of nitrogens with one attached hydrogen (secondary N) is 1. The van der Waals surface area contributed by atoms with Gasteiger partial charge in [-0.2, -0.15) is 13.2 Å². The van der Waals surface area contributed by atoms with Crippen LogP contribution in [0.3, 0.4) is 0 Å². The van der Waals surface area contributed by atoms with E-state index in [1.54, 1.807) is 6.07 Å². The maximum absolute atomic E-state index is 12.3. The van der Waals surface area contributed by atoms with Gasteiger partial charge in [0.05, 0.1) is 10.7 Å². The van der Waals surface area contributed by atoms with Gasteiger partial charge in [0.25, 0.3) is 0 Å². The molecule has 2 N–H and O–H groups in total. The number of carboxylic acid groups (broad SMARTS) is 1. The first-order chi connectivity index (χ1) is 9.58. The highest BCUT2D eigenvalue weighted by Crippen LogP contribution is 2.24. The number of carbonyl (C=O) groups excluding carboxylic acids is 1. The molecular weight excluding hydrogens is 427 g/mol. The molecule has 5 nitrogen and oxygen atoms in total. The fourth-order valence-electron chi connectivity index (χ4n) is 1.36. The van der Waals surface area contributed by atoms with Crippen molar-refractivity contribution in [3.63, 3.8) is 0 Å². The molecule has 116 valence electrons. The van der Waals surface area contributed by atoms with E-state index in [0.29, 0.717) is 0 Å². The molecule has 0 atom stereocenters. The van der Waals surface area contributed by atoms with Gasteiger partial charge in [-0.15, -0.1) is 0 Å². The maximum atomic E-state index is 12.3. The zero-order valence-electron chi connectivity index (χ0n) is 10.2. The number of halogens is 5. The minimum Gasteiger partial charge on any atom is -0.480 e. The largest absolute Gasteiger partial charge is 0.480 e. The Hall–Kier alpha value is -1.23.